The molecule has 0 radical (unpaired) electrons. The second kappa shape index (κ2) is 6.67. The lowest BCUT2D eigenvalue weighted by atomic mass is 10.2. The van der Waals surface area contributed by atoms with Gasteiger partial charge in [0, 0.05) is 6.58 Å². The fourth-order valence-electron chi connectivity index (χ4n) is 1.85. The van der Waals surface area contributed by atoms with Gasteiger partial charge in [-0.1, -0.05) is 41.5 Å². The van der Waals surface area contributed by atoms with Crippen LogP contribution in [0.2, 0.25) is 36.3 Å². The molecule has 0 bridgehead atoms. The van der Waals surface area contributed by atoms with E-state index in [-0.39, 0.29) is 22.3 Å². The van der Waals surface area contributed by atoms with Crippen molar-refractivity contribution in [3.05, 3.63) is 0 Å². The summed E-state index contributed by atoms with van der Waals surface area (Å²) in [6.45, 7) is 22.5. The molecule has 5 heteroatoms. The van der Waals surface area contributed by atoms with E-state index in [4.69, 9.17) is 15.0 Å². The molecule has 0 aromatic carbocycles. The van der Waals surface area contributed by atoms with E-state index in [0.717, 1.165) is 0 Å². The Bertz CT molecular complexity index is 400. The van der Waals surface area contributed by atoms with E-state index >= 15 is 0 Å². The Morgan fingerprint density at radius 2 is 1.50 bits per heavy atom. The highest BCUT2D eigenvalue weighted by atomic mass is 28.4. The molecular weight excluding hydrogens is 308 g/mol. The Hall–Kier alpha value is 0.314. The third-order valence-corrected chi connectivity index (χ3v) is 14.7. The lowest BCUT2D eigenvalue weighted by molar-refractivity contribution is 0.0118. The van der Waals surface area contributed by atoms with Crippen molar-refractivity contribution in [2.45, 2.75) is 96.4 Å². The van der Waals surface area contributed by atoms with Gasteiger partial charge in [-0.2, -0.15) is 0 Å². The molecule has 1 saturated heterocycles. The summed E-state index contributed by atoms with van der Waals surface area (Å²) in [5.41, 5.74) is 0. The van der Waals surface area contributed by atoms with Crippen molar-refractivity contribution in [1.29, 1.82) is 0 Å². The first kappa shape index (κ1) is 18.6. The second-order valence-electron chi connectivity index (χ2n) is 9.56. The van der Waals surface area contributed by atoms with E-state index < -0.39 is 23.2 Å². The molecular formula is C17H38O3Si2. The zero-order valence-corrected chi connectivity index (χ0v) is 18.4. The third kappa shape index (κ3) is 4.90. The number of rotatable bonds is 5. The molecule has 1 aliphatic rings. The molecule has 22 heavy (non-hydrogen) atoms. The highest BCUT2D eigenvalue weighted by Gasteiger charge is 2.44. The maximum Gasteiger partial charge on any atom is 0.192 e. The topological polar surface area (TPSA) is 27.7 Å². The molecule has 3 nitrogen and oxygen atoms in total. The van der Waals surface area contributed by atoms with E-state index in [9.17, 15) is 0 Å². The van der Waals surface area contributed by atoms with Gasteiger partial charge in [-0.3, -0.25) is 0 Å². The van der Waals surface area contributed by atoms with Crippen molar-refractivity contribution in [3.8, 4) is 0 Å². The van der Waals surface area contributed by atoms with Crippen LogP contribution in [0.15, 0.2) is 0 Å². The number of ether oxygens (including phenoxy) is 1. The van der Waals surface area contributed by atoms with E-state index in [1.807, 2.05) is 0 Å². The average Bonchev–Trinajstić information content (AvgIpc) is 2.63. The van der Waals surface area contributed by atoms with Gasteiger partial charge in [0.2, 0.25) is 0 Å². The SMILES string of the molecule is [3H][C@H]1C[C@H](O[Si](C)(C)C(C)(C)C)[C@@H](CO[Si](C)(C)C(C)(C)C)O1. The van der Waals surface area contributed by atoms with Gasteiger partial charge in [0.25, 0.3) is 0 Å². The van der Waals surface area contributed by atoms with Crippen LogP contribution in [0.5, 0.6) is 0 Å². The summed E-state index contributed by atoms with van der Waals surface area (Å²) >= 11 is 0. The summed E-state index contributed by atoms with van der Waals surface area (Å²) in [5, 5.41) is 0.347. The van der Waals surface area contributed by atoms with Crippen LogP contribution in [0.25, 0.3) is 0 Å². The van der Waals surface area contributed by atoms with Gasteiger partial charge >= 0.3 is 0 Å². The van der Waals surface area contributed by atoms with Crippen LogP contribution in [0.1, 0.15) is 49.3 Å². The van der Waals surface area contributed by atoms with E-state index in [1.165, 1.54) is 0 Å². The lowest BCUT2D eigenvalue weighted by Gasteiger charge is -2.40. The van der Waals surface area contributed by atoms with Crippen molar-refractivity contribution < 1.29 is 15.0 Å². The molecule has 1 aliphatic heterocycles. The fraction of sp³-hybridized carbons (Fsp3) is 1.00. The van der Waals surface area contributed by atoms with Gasteiger partial charge in [0.15, 0.2) is 16.6 Å². The smallest absolute Gasteiger partial charge is 0.192 e. The van der Waals surface area contributed by atoms with Crippen LogP contribution in [-0.4, -0.2) is 42.0 Å². The zero-order chi connectivity index (χ0) is 18.3. The van der Waals surface area contributed by atoms with Gasteiger partial charge in [-0.05, 0) is 42.7 Å². The Morgan fingerprint density at radius 3 is 1.95 bits per heavy atom. The first-order chi connectivity index (χ1) is 10.1. The molecule has 0 aromatic heterocycles. The molecule has 0 saturated carbocycles. The molecule has 0 spiro atoms. The van der Waals surface area contributed by atoms with Gasteiger partial charge in [0.05, 0.1) is 14.1 Å². The Kier molecular flexibility index (Phi) is 5.65. The van der Waals surface area contributed by atoms with Gasteiger partial charge in [0.1, 0.15) is 6.10 Å². The van der Waals surface area contributed by atoms with E-state index in [0.29, 0.717) is 13.0 Å². The highest BCUT2D eigenvalue weighted by Crippen LogP contribution is 2.40. The van der Waals surface area contributed by atoms with Crippen molar-refractivity contribution in [2.24, 2.45) is 0 Å². The molecule has 1 rings (SSSR count). The second-order valence-corrected chi connectivity index (χ2v) is 19.1. The third-order valence-electron chi connectivity index (χ3n) is 5.68. The van der Waals surface area contributed by atoms with Gasteiger partial charge < -0.3 is 13.6 Å². The molecule has 3 atom stereocenters. The summed E-state index contributed by atoms with van der Waals surface area (Å²) in [5.74, 6) is 0. The normalized spacial score (nSPS) is 28.8. The summed E-state index contributed by atoms with van der Waals surface area (Å²) in [6.07, 6.45) is 0.529. The molecule has 132 valence electrons. The summed E-state index contributed by atoms with van der Waals surface area (Å²) in [7, 11) is -3.67. The van der Waals surface area contributed by atoms with E-state index in [1.54, 1.807) is 0 Å². The minimum absolute atomic E-state index is 0.0110. The van der Waals surface area contributed by atoms with Crippen LogP contribution in [0.4, 0.5) is 0 Å². The predicted molar refractivity (Wildman–Crippen MR) is 99.6 cm³/mol. The summed E-state index contributed by atoms with van der Waals surface area (Å²) < 4.78 is 26.6. The fourth-order valence-corrected chi connectivity index (χ4v) is 4.22. The molecule has 1 fully saturated rings. The van der Waals surface area contributed by atoms with Gasteiger partial charge in [-0.25, -0.2) is 0 Å². The Morgan fingerprint density at radius 1 is 1.00 bits per heavy atom. The van der Waals surface area contributed by atoms with Crippen LogP contribution >= 0.6 is 0 Å². The molecule has 0 N–H and O–H groups in total. The molecule has 0 aliphatic carbocycles. The Labute approximate surface area is 141 Å². The van der Waals surface area contributed by atoms with Crippen LogP contribution in [-0.2, 0) is 13.6 Å². The maximum atomic E-state index is 7.98. The first-order valence-corrected chi connectivity index (χ1v) is 14.3. The molecule has 0 aromatic rings. The minimum Gasteiger partial charge on any atom is -0.414 e. The standard InChI is InChI=1S/C17H38O3Si2/c1-16(2,3)21(7,8)19-13-15-14(11-12-18-15)20-22(9,10)17(4,5)6/h14-15H,11-13H2,1-10H3/t14-,15+/m0/s1/i12T/t12-,14-,15+. The van der Waals surface area contributed by atoms with Crippen molar-refractivity contribution in [3.63, 3.8) is 0 Å². The van der Waals surface area contributed by atoms with Crippen LogP contribution in [0, 0.1) is 0 Å². The van der Waals surface area contributed by atoms with Crippen LogP contribution < -0.4 is 0 Å². The average molecular weight is 349 g/mol. The Balaban J connectivity index is 2.74. The highest BCUT2D eigenvalue weighted by molar-refractivity contribution is 6.74. The van der Waals surface area contributed by atoms with E-state index in [2.05, 4.69) is 67.7 Å². The van der Waals surface area contributed by atoms with Crippen molar-refractivity contribution in [2.75, 3.05) is 13.2 Å². The summed E-state index contributed by atoms with van der Waals surface area (Å²) in [6, 6.07) is 0. The predicted octanol–water partition coefficient (Wildman–Crippen LogP) is 5.19. The quantitative estimate of drug-likeness (QED) is 0.640. The number of hydrogen-bond donors (Lipinski definition) is 0. The van der Waals surface area contributed by atoms with Crippen molar-refractivity contribution >= 4 is 16.6 Å². The molecule has 0 amide bonds. The first-order valence-electron chi connectivity index (χ1n) is 9.04. The van der Waals surface area contributed by atoms with Crippen LogP contribution in [0.3, 0.4) is 0 Å². The minimum atomic E-state index is -1.86. The monoisotopic (exact) mass is 348 g/mol. The maximum absolute atomic E-state index is 7.98. The zero-order valence-electron chi connectivity index (χ0n) is 17.4. The molecule has 0 unspecified atom stereocenters. The number of hydrogen-bond acceptors (Lipinski definition) is 3. The lowest BCUT2D eigenvalue weighted by Crippen LogP contribution is -2.48. The summed E-state index contributed by atoms with van der Waals surface area (Å²) in [4.78, 5) is 0. The van der Waals surface area contributed by atoms with Gasteiger partial charge in [-0.15, -0.1) is 0 Å². The van der Waals surface area contributed by atoms with Crippen molar-refractivity contribution in [1.82, 2.24) is 0 Å². The molecule has 1 heterocycles. The largest absolute Gasteiger partial charge is 0.414 e.